The number of rotatable bonds is 8. The van der Waals surface area contributed by atoms with Gasteiger partial charge in [0.25, 0.3) is 5.91 Å². The standard InChI is InChI=1S/C18H29N3O2/c1-18(2,3)15-8-6-14(7-9-15)17(23)21-13-10-16(22)20-12-5-4-11-19/h6-9H,4-5,10-13,19H2,1-3H3,(H,20,22)(H,21,23). The Morgan fingerprint density at radius 3 is 2.22 bits per heavy atom. The number of unbranched alkanes of at least 4 members (excludes halogenated alkanes) is 1. The van der Waals surface area contributed by atoms with Crippen molar-refractivity contribution in [2.45, 2.75) is 45.4 Å². The van der Waals surface area contributed by atoms with Gasteiger partial charge in [0.1, 0.15) is 0 Å². The number of hydrogen-bond donors (Lipinski definition) is 3. The monoisotopic (exact) mass is 319 g/mol. The lowest BCUT2D eigenvalue weighted by Crippen LogP contribution is -2.31. The van der Waals surface area contributed by atoms with E-state index in [0.29, 0.717) is 25.2 Å². The molecule has 1 rings (SSSR count). The predicted octanol–water partition coefficient (Wildman–Crippen LogP) is 1.96. The van der Waals surface area contributed by atoms with Crippen molar-refractivity contribution in [1.82, 2.24) is 10.6 Å². The Labute approximate surface area is 139 Å². The summed E-state index contributed by atoms with van der Waals surface area (Å²) < 4.78 is 0. The molecule has 128 valence electrons. The predicted molar refractivity (Wildman–Crippen MR) is 93.4 cm³/mol. The molecule has 0 saturated carbocycles. The molecule has 0 unspecified atom stereocenters. The Hall–Kier alpha value is -1.88. The summed E-state index contributed by atoms with van der Waals surface area (Å²) in [6.07, 6.45) is 2.07. The van der Waals surface area contributed by atoms with Crippen LogP contribution in [0.4, 0.5) is 0 Å². The quantitative estimate of drug-likeness (QED) is 0.640. The van der Waals surface area contributed by atoms with Crippen LogP contribution in [0, 0.1) is 0 Å². The lowest BCUT2D eigenvalue weighted by Gasteiger charge is -2.19. The van der Waals surface area contributed by atoms with E-state index in [9.17, 15) is 9.59 Å². The summed E-state index contributed by atoms with van der Waals surface area (Å²) >= 11 is 0. The zero-order valence-electron chi connectivity index (χ0n) is 14.4. The average Bonchev–Trinajstić information content (AvgIpc) is 2.51. The van der Waals surface area contributed by atoms with Gasteiger partial charge in [0.05, 0.1) is 0 Å². The van der Waals surface area contributed by atoms with Crippen molar-refractivity contribution in [1.29, 1.82) is 0 Å². The van der Waals surface area contributed by atoms with Gasteiger partial charge in [0.2, 0.25) is 5.91 Å². The van der Waals surface area contributed by atoms with Crippen molar-refractivity contribution in [3.05, 3.63) is 35.4 Å². The second kappa shape index (κ2) is 9.30. The van der Waals surface area contributed by atoms with E-state index in [-0.39, 0.29) is 23.7 Å². The third-order valence-electron chi connectivity index (χ3n) is 3.60. The number of amides is 2. The zero-order valence-corrected chi connectivity index (χ0v) is 14.4. The number of carbonyl (C=O) groups excluding carboxylic acids is 2. The van der Waals surface area contributed by atoms with E-state index in [2.05, 4.69) is 31.4 Å². The molecule has 0 aliphatic carbocycles. The molecule has 0 atom stereocenters. The van der Waals surface area contributed by atoms with Crippen LogP contribution in [0.3, 0.4) is 0 Å². The molecule has 5 nitrogen and oxygen atoms in total. The van der Waals surface area contributed by atoms with E-state index in [0.717, 1.165) is 12.8 Å². The summed E-state index contributed by atoms with van der Waals surface area (Å²) in [6.45, 7) is 8.01. The Bertz CT molecular complexity index is 504. The first-order valence-electron chi connectivity index (χ1n) is 8.20. The fourth-order valence-corrected chi connectivity index (χ4v) is 2.10. The fraction of sp³-hybridized carbons (Fsp3) is 0.556. The molecule has 23 heavy (non-hydrogen) atoms. The topological polar surface area (TPSA) is 84.2 Å². The van der Waals surface area contributed by atoms with Crippen molar-refractivity contribution >= 4 is 11.8 Å². The van der Waals surface area contributed by atoms with Gasteiger partial charge in [-0.15, -0.1) is 0 Å². The van der Waals surface area contributed by atoms with Crippen LogP contribution >= 0.6 is 0 Å². The zero-order chi connectivity index (χ0) is 17.3. The maximum Gasteiger partial charge on any atom is 0.251 e. The van der Waals surface area contributed by atoms with Crippen LogP contribution in [-0.4, -0.2) is 31.4 Å². The lowest BCUT2D eigenvalue weighted by molar-refractivity contribution is -0.120. The van der Waals surface area contributed by atoms with E-state index in [1.807, 2.05) is 24.3 Å². The van der Waals surface area contributed by atoms with Gasteiger partial charge in [-0.25, -0.2) is 0 Å². The van der Waals surface area contributed by atoms with Gasteiger partial charge in [-0.1, -0.05) is 32.9 Å². The van der Waals surface area contributed by atoms with E-state index >= 15 is 0 Å². The first-order valence-corrected chi connectivity index (χ1v) is 8.20. The van der Waals surface area contributed by atoms with Crippen LogP contribution in [0.1, 0.15) is 56.0 Å². The summed E-state index contributed by atoms with van der Waals surface area (Å²) in [5.41, 5.74) is 7.25. The largest absolute Gasteiger partial charge is 0.356 e. The van der Waals surface area contributed by atoms with Crippen molar-refractivity contribution in [3.8, 4) is 0 Å². The highest BCUT2D eigenvalue weighted by molar-refractivity contribution is 5.94. The molecule has 0 aliphatic rings. The van der Waals surface area contributed by atoms with E-state index in [1.165, 1.54) is 5.56 Å². The summed E-state index contributed by atoms with van der Waals surface area (Å²) in [7, 11) is 0. The minimum atomic E-state index is -0.151. The van der Waals surface area contributed by atoms with Gasteiger partial charge in [-0.3, -0.25) is 9.59 Å². The smallest absolute Gasteiger partial charge is 0.251 e. The SMILES string of the molecule is CC(C)(C)c1ccc(C(=O)NCCC(=O)NCCCCN)cc1. The normalized spacial score (nSPS) is 11.1. The van der Waals surface area contributed by atoms with Crippen LogP contribution in [0.2, 0.25) is 0 Å². The van der Waals surface area contributed by atoms with Gasteiger partial charge in [0, 0.05) is 25.1 Å². The highest BCUT2D eigenvalue weighted by Crippen LogP contribution is 2.22. The molecule has 0 bridgehead atoms. The Balaban J connectivity index is 2.32. The molecule has 0 radical (unpaired) electrons. The summed E-state index contributed by atoms with van der Waals surface area (Å²) in [4.78, 5) is 23.6. The maximum absolute atomic E-state index is 12.0. The first-order chi connectivity index (χ1) is 10.8. The molecule has 4 N–H and O–H groups in total. The molecule has 0 fully saturated rings. The molecule has 5 heteroatoms. The number of benzene rings is 1. The van der Waals surface area contributed by atoms with Crippen molar-refractivity contribution in [2.75, 3.05) is 19.6 Å². The number of hydrogen-bond acceptors (Lipinski definition) is 3. The summed E-state index contributed by atoms with van der Waals surface area (Å²) in [5, 5.41) is 5.58. The first kappa shape index (κ1) is 19.2. The summed E-state index contributed by atoms with van der Waals surface area (Å²) in [6, 6.07) is 7.59. The van der Waals surface area contributed by atoms with E-state index < -0.39 is 0 Å². The number of nitrogens with one attached hydrogen (secondary N) is 2. The Morgan fingerprint density at radius 1 is 1.00 bits per heavy atom. The van der Waals surface area contributed by atoms with Crippen LogP contribution in [0.25, 0.3) is 0 Å². The van der Waals surface area contributed by atoms with E-state index in [1.54, 1.807) is 0 Å². The fourth-order valence-electron chi connectivity index (χ4n) is 2.10. The molecular formula is C18H29N3O2. The third-order valence-corrected chi connectivity index (χ3v) is 3.60. The average molecular weight is 319 g/mol. The summed E-state index contributed by atoms with van der Waals surface area (Å²) in [5.74, 6) is -0.202. The van der Waals surface area contributed by atoms with Crippen molar-refractivity contribution < 1.29 is 9.59 Å². The van der Waals surface area contributed by atoms with Gasteiger partial charge in [-0.05, 0) is 42.5 Å². The maximum atomic E-state index is 12.0. The number of nitrogens with two attached hydrogens (primary N) is 1. The highest BCUT2D eigenvalue weighted by atomic mass is 16.2. The lowest BCUT2D eigenvalue weighted by atomic mass is 9.87. The molecule has 0 aliphatic heterocycles. The Morgan fingerprint density at radius 2 is 1.65 bits per heavy atom. The third kappa shape index (κ3) is 7.28. The van der Waals surface area contributed by atoms with Crippen LogP contribution in [0.5, 0.6) is 0 Å². The molecular weight excluding hydrogens is 290 g/mol. The molecule has 0 saturated heterocycles. The van der Waals surface area contributed by atoms with Crippen molar-refractivity contribution in [3.63, 3.8) is 0 Å². The van der Waals surface area contributed by atoms with Crippen LogP contribution in [0.15, 0.2) is 24.3 Å². The second-order valence-electron chi connectivity index (χ2n) is 6.68. The van der Waals surface area contributed by atoms with Crippen molar-refractivity contribution in [2.24, 2.45) is 5.73 Å². The Kier molecular flexibility index (Phi) is 7.75. The van der Waals surface area contributed by atoms with Gasteiger partial charge in [0.15, 0.2) is 0 Å². The molecule has 0 aromatic heterocycles. The van der Waals surface area contributed by atoms with Gasteiger partial charge >= 0.3 is 0 Å². The second-order valence-corrected chi connectivity index (χ2v) is 6.68. The van der Waals surface area contributed by atoms with E-state index in [4.69, 9.17) is 5.73 Å². The van der Waals surface area contributed by atoms with Crippen LogP contribution in [-0.2, 0) is 10.2 Å². The van der Waals surface area contributed by atoms with Gasteiger partial charge < -0.3 is 16.4 Å². The minimum absolute atomic E-state index is 0.0506. The molecule has 1 aromatic carbocycles. The molecule has 0 heterocycles. The number of carbonyl (C=O) groups is 2. The van der Waals surface area contributed by atoms with Crippen LogP contribution < -0.4 is 16.4 Å². The molecule has 0 spiro atoms. The highest BCUT2D eigenvalue weighted by Gasteiger charge is 2.14. The molecule has 1 aromatic rings. The minimum Gasteiger partial charge on any atom is -0.356 e. The van der Waals surface area contributed by atoms with Gasteiger partial charge in [-0.2, -0.15) is 0 Å². The molecule has 2 amide bonds.